The zero-order valence-electron chi connectivity index (χ0n) is 8.47. The van der Waals surface area contributed by atoms with Crippen molar-refractivity contribution < 1.29 is 9.90 Å². The van der Waals surface area contributed by atoms with E-state index in [0.29, 0.717) is 12.2 Å². The third-order valence-corrected chi connectivity index (χ3v) is 3.95. The predicted octanol–water partition coefficient (Wildman–Crippen LogP) is 1.74. The largest absolute Gasteiger partial charge is 0.392 e. The van der Waals surface area contributed by atoms with E-state index in [1.54, 1.807) is 0 Å². The third kappa shape index (κ3) is 1.25. The Balaban J connectivity index is 1.87. The van der Waals surface area contributed by atoms with Crippen molar-refractivity contribution in [3.63, 3.8) is 0 Å². The highest BCUT2D eigenvalue weighted by Crippen LogP contribution is 2.50. The first kappa shape index (κ1) is 9.10. The highest BCUT2D eigenvalue weighted by atomic mass is 16.3. The quantitative estimate of drug-likeness (QED) is 0.753. The van der Waals surface area contributed by atoms with Crippen molar-refractivity contribution in [3.8, 4) is 0 Å². The van der Waals surface area contributed by atoms with Crippen LogP contribution < -0.4 is 0 Å². The second kappa shape index (κ2) is 3.17. The number of benzene rings is 1. The van der Waals surface area contributed by atoms with Gasteiger partial charge in [-0.25, -0.2) is 0 Å². The summed E-state index contributed by atoms with van der Waals surface area (Å²) >= 11 is 0. The molecule has 1 aromatic carbocycles. The molecule has 2 heteroatoms. The highest BCUT2D eigenvalue weighted by molar-refractivity contribution is 5.88. The van der Waals surface area contributed by atoms with Gasteiger partial charge in [-0.15, -0.1) is 0 Å². The maximum atomic E-state index is 11.3. The fourth-order valence-electron chi connectivity index (χ4n) is 3.01. The van der Waals surface area contributed by atoms with Crippen LogP contribution >= 0.6 is 0 Å². The molecule has 78 valence electrons. The first-order valence-electron chi connectivity index (χ1n) is 5.53. The number of fused-ring (bicyclic) bond motifs is 1. The highest BCUT2D eigenvalue weighted by Gasteiger charge is 2.52. The molecule has 4 atom stereocenters. The summed E-state index contributed by atoms with van der Waals surface area (Å²) < 4.78 is 0. The van der Waals surface area contributed by atoms with E-state index in [1.165, 1.54) is 5.56 Å². The van der Waals surface area contributed by atoms with Gasteiger partial charge >= 0.3 is 0 Å². The molecule has 0 bridgehead atoms. The second-order valence-corrected chi connectivity index (χ2v) is 4.68. The molecule has 2 fully saturated rings. The van der Waals surface area contributed by atoms with Gasteiger partial charge in [0.15, 0.2) is 0 Å². The van der Waals surface area contributed by atoms with E-state index in [0.717, 1.165) is 6.42 Å². The Labute approximate surface area is 88.9 Å². The summed E-state index contributed by atoms with van der Waals surface area (Å²) in [4.78, 5) is 11.3. The van der Waals surface area contributed by atoms with Crippen molar-refractivity contribution in [2.75, 3.05) is 0 Å². The van der Waals surface area contributed by atoms with Gasteiger partial charge in [0, 0.05) is 24.2 Å². The van der Waals surface area contributed by atoms with Gasteiger partial charge in [-0.2, -0.15) is 0 Å². The maximum Gasteiger partial charge on any atom is 0.136 e. The molecule has 2 nitrogen and oxygen atoms in total. The minimum absolute atomic E-state index is 0.144. The summed E-state index contributed by atoms with van der Waals surface area (Å²) in [5, 5.41) is 10.1. The van der Waals surface area contributed by atoms with Crippen molar-refractivity contribution in [3.05, 3.63) is 35.9 Å². The molecule has 2 saturated carbocycles. The summed E-state index contributed by atoms with van der Waals surface area (Å²) in [5.74, 6) is 0.901. The van der Waals surface area contributed by atoms with Crippen LogP contribution in [0.1, 0.15) is 24.3 Å². The number of hydrogen-bond donors (Lipinski definition) is 1. The van der Waals surface area contributed by atoms with Crippen molar-refractivity contribution in [1.82, 2.24) is 0 Å². The summed E-state index contributed by atoms with van der Waals surface area (Å²) in [6, 6.07) is 10.0. The molecule has 2 aliphatic carbocycles. The summed E-state index contributed by atoms with van der Waals surface area (Å²) in [5.41, 5.74) is 1.17. The van der Waals surface area contributed by atoms with Gasteiger partial charge in [-0.05, 0) is 12.0 Å². The molecule has 0 aliphatic heterocycles. The molecule has 0 radical (unpaired) electrons. The zero-order valence-corrected chi connectivity index (χ0v) is 8.47. The van der Waals surface area contributed by atoms with Gasteiger partial charge < -0.3 is 5.11 Å². The molecule has 0 spiro atoms. The molecule has 15 heavy (non-hydrogen) atoms. The Morgan fingerprint density at radius 1 is 1.13 bits per heavy atom. The van der Waals surface area contributed by atoms with Crippen molar-refractivity contribution in [2.45, 2.75) is 24.9 Å². The number of hydrogen-bond acceptors (Lipinski definition) is 2. The van der Waals surface area contributed by atoms with E-state index in [1.807, 2.05) is 30.3 Å². The smallest absolute Gasteiger partial charge is 0.136 e. The summed E-state index contributed by atoms with van der Waals surface area (Å²) in [6.07, 6.45) is 1.12. The van der Waals surface area contributed by atoms with Gasteiger partial charge in [-0.3, -0.25) is 4.79 Å². The average molecular weight is 202 g/mol. The summed E-state index contributed by atoms with van der Waals surface area (Å²) in [7, 11) is 0. The predicted molar refractivity (Wildman–Crippen MR) is 56.4 cm³/mol. The van der Waals surface area contributed by atoms with E-state index < -0.39 is 0 Å². The Morgan fingerprint density at radius 3 is 2.47 bits per heavy atom. The number of carbonyl (C=O) groups is 1. The van der Waals surface area contributed by atoms with E-state index in [2.05, 4.69) is 0 Å². The molecular formula is C13H14O2. The monoisotopic (exact) mass is 202 g/mol. The van der Waals surface area contributed by atoms with Gasteiger partial charge in [0.25, 0.3) is 0 Å². The number of aliphatic hydroxyl groups excluding tert-OH is 1. The molecule has 0 amide bonds. The Hall–Kier alpha value is -1.15. The number of ketones is 1. The van der Waals surface area contributed by atoms with Crippen molar-refractivity contribution >= 4 is 5.78 Å². The average Bonchev–Trinajstić information content (AvgIpc) is 2.52. The molecule has 3 rings (SSSR count). The Bertz CT molecular complexity index is 385. The van der Waals surface area contributed by atoms with Crippen LogP contribution in [0.3, 0.4) is 0 Å². The molecule has 0 heterocycles. The van der Waals surface area contributed by atoms with E-state index in [4.69, 9.17) is 0 Å². The molecule has 0 unspecified atom stereocenters. The standard InChI is InChI=1S/C13H14O2/c14-12-7-11-10(12)6-9(13(11)15)8-4-2-1-3-5-8/h1-5,9-11,13,15H,6-7H2/t9-,10+,11+,13+/m0/s1. The van der Waals surface area contributed by atoms with Gasteiger partial charge in [0.05, 0.1) is 6.10 Å². The fraction of sp³-hybridized carbons (Fsp3) is 0.462. The van der Waals surface area contributed by atoms with Crippen LogP contribution in [-0.2, 0) is 4.79 Å². The minimum atomic E-state index is -0.310. The zero-order chi connectivity index (χ0) is 10.4. The topological polar surface area (TPSA) is 37.3 Å². The molecule has 1 N–H and O–H groups in total. The Morgan fingerprint density at radius 2 is 1.87 bits per heavy atom. The number of rotatable bonds is 1. The molecular weight excluding hydrogens is 188 g/mol. The van der Waals surface area contributed by atoms with Crippen molar-refractivity contribution in [2.24, 2.45) is 11.8 Å². The van der Waals surface area contributed by atoms with Crippen LogP contribution in [0.15, 0.2) is 30.3 Å². The second-order valence-electron chi connectivity index (χ2n) is 4.68. The van der Waals surface area contributed by atoms with Crippen LogP contribution in [0.2, 0.25) is 0 Å². The lowest BCUT2D eigenvalue weighted by molar-refractivity contribution is -0.135. The Kier molecular flexibility index (Phi) is 1.93. The van der Waals surface area contributed by atoms with Crippen molar-refractivity contribution in [1.29, 1.82) is 0 Å². The van der Waals surface area contributed by atoms with E-state index >= 15 is 0 Å². The van der Waals surface area contributed by atoms with Crippen LogP contribution in [-0.4, -0.2) is 17.0 Å². The molecule has 0 saturated heterocycles. The number of carbonyl (C=O) groups excluding carboxylic acids is 1. The first-order chi connectivity index (χ1) is 7.27. The lowest BCUT2D eigenvalue weighted by Gasteiger charge is -2.30. The normalized spacial score (nSPS) is 38.6. The van der Waals surface area contributed by atoms with Gasteiger partial charge in [0.1, 0.15) is 5.78 Å². The number of Topliss-reactive ketones (excluding diaryl/α,β-unsaturated/α-hetero) is 1. The maximum absolute atomic E-state index is 11.3. The fourth-order valence-corrected chi connectivity index (χ4v) is 3.01. The van der Waals surface area contributed by atoms with Crippen LogP contribution in [0.5, 0.6) is 0 Å². The third-order valence-electron chi connectivity index (χ3n) is 3.95. The lowest BCUT2D eigenvalue weighted by atomic mass is 9.74. The number of aliphatic hydroxyl groups is 1. The van der Waals surface area contributed by atoms with Crippen LogP contribution in [0.4, 0.5) is 0 Å². The first-order valence-corrected chi connectivity index (χ1v) is 5.53. The molecule has 2 aliphatic rings. The van der Waals surface area contributed by atoms with E-state index in [9.17, 15) is 9.90 Å². The SMILES string of the molecule is O=C1C[C@H]2[C@H](O)[C@H](c3ccccc3)C[C@@H]12. The van der Waals surface area contributed by atoms with E-state index in [-0.39, 0.29) is 23.9 Å². The molecule has 0 aromatic heterocycles. The minimum Gasteiger partial charge on any atom is -0.392 e. The van der Waals surface area contributed by atoms with Crippen LogP contribution in [0.25, 0.3) is 0 Å². The summed E-state index contributed by atoms with van der Waals surface area (Å²) in [6.45, 7) is 0. The van der Waals surface area contributed by atoms with Crippen LogP contribution in [0, 0.1) is 11.8 Å². The lowest BCUT2D eigenvalue weighted by Crippen LogP contribution is -2.38. The molecule has 1 aromatic rings. The van der Waals surface area contributed by atoms with Gasteiger partial charge in [0.2, 0.25) is 0 Å². The van der Waals surface area contributed by atoms with Gasteiger partial charge in [-0.1, -0.05) is 30.3 Å².